The second-order valence-electron chi connectivity index (χ2n) is 6.58. The van der Waals surface area contributed by atoms with Gasteiger partial charge in [-0.1, -0.05) is 34.1 Å². The third-order valence-electron chi connectivity index (χ3n) is 3.93. The molecular formula is C14H26FNO2. The van der Waals surface area contributed by atoms with Crippen molar-refractivity contribution in [3.63, 3.8) is 0 Å². The summed E-state index contributed by atoms with van der Waals surface area (Å²) in [6, 6.07) is 0.130. The summed E-state index contributed by atoms with van der Waals surface area (Å²) < 4.78 is 16.7. The van der Waals surface area contributed by atoms with Crippen molar-refractivity contribution >= 4 is 6.09 Å². The summed E-state index contributed by atoms with van der Waals surface area (Å²) in [5, 5.41) is 2.87. The Bertz CT molecular complexity index is 294. The predicted molar refractivity (Wildman–Crippen MR) is 70.3 cm³/mol. The summed E-state index contributed by atoms with van der Waals surface area (Å²) in [6.45, 7) is 8.15. The molecule has 1 fully saturated rings. The lowest BCUT2D eigenvalue weighted by molar-refractivity contribution is 0.0622. The van der Waals surface area contributed by atoms with Crippen LogP contribution in [0.2, 0.25) is 0 Å². The fraction of sp³-hybridized carbons (Fsp3) is 0.929. The maximum absolute atomic E-state index is 11.9. The molecule has 106 valence electrons. The molecule has 1 saturated carbocycles. The normalized spacial score (nSPS) is 30.8. The second-order valence-corrected chi connectivity index (χ2v) is 6.58. The Morgan fingerprint density at radius 1 is 1.39 bits per heavy atom. The first-order chi connectivity index (χ1) is 8.30. The van der Waals surface area contributed by atoms with Crippen LogP contribution in [-0.2, 0) is 4.74 Å². The molecule has 2 unspecified atom stereocenters. The van der Waals surface area contributed by atoms with E-state index in [1.165, 1.54) is 6.42 Å². The van der Waals surface area contributed by atoms with E-state index in [1.54, 1.807) is 0 Å². The van der Waals surface area contributed by atoms with Crippen LogP contribution in [0, 0.1) is 10.8 Å². The van der Waals surface area contributed by atoms with E-state index in [2.05, 4.69) is 33.0 Å². The van der Waals surface area contributed by atoms with Crippen molar-refractivity contribution in [2.24, 2.45) is 10.8 Å². The van der Waals surface area contributed by atoms with Crippen molar-refractivity contribution in [3.8, 4) is 0 Å². The van der Waals surface area contributed by atoms with Crippen LogP contribution >= 0.6 is 0 Å². The Morgan fingerprint density at radius 2 is 2.06 bits per heavy atom. The van der Waals surface area contributed by atoms with Crippen LogP contribution in [0.15, 0.2) is 0 Å². The molecule has 0 saturated heterocycles. The molecule has 0 aromatic heterocycles. The van der Waals surface area contributed by atoms with Gasteiger partial charge in [-0.25, -0.2) is 9.18 Å². The van der Waals surface area contributed by atoms with E-state index in [4.69, 9.17) is 4.74 Å². The zero-order valence-electron chi connectivity index (χ0n) is 12.0. The van der Waals surface area contributed by atoms with Gasteiger partial charge in [0.1, 0.15) is 13.3 Å². The third-order valence-corrected chi connectivity index (χ3v) is 3.93. The number of alkyl halides is 1. The minimum absolute atomic E-state index is 0.130. The summed E-state index contributed by atoms with van der Waals surface area (Å²) in [7, 11) is 0. The van der Waals surface area contributed by atoms with E-state index in [1.807, 2.05) is 0 Å². The summed E-state index contributed by atoms with van der Waals surface area (Å²) in [6.07, 6.45) is 3.71. The molecule has 0 aliphatic heterocycles. The molecule has 0 heterocycles. The monoisotopic (exact) mass is 259 g/mol. The van der Waals surface area contributed by atoms with Crippen molar-refractivity contribution in [1.82, 2.24) is 5.32 Å². The number of rotatable bonds is 4. The minimum atomic E-state index is -0.629. The van der Waals surface area contributed by atoms with E-state index in [0.717, 1.165) is 19.3 Å². The SMILES string of the molecule is CCC1(C)CC(NC(=O)OCCF)CC(C)(C)C1. The van der Waals surface area contributed by atoms with E-state index in [0.29, 0.717) is 0 Å². The lowest BCUT2D eigenvalue weighted by atomic mass is 9.62. The van der Waals surface area contributed by atoms with Crippen molar-refractivity contribution in [2.75, 3.05) is 13.3 Å². The Hall–Kier alpha value is -0.800. The summed E-state index contributed by atoms with van der Waals surface area (Å²) in [5.74, 6) is 0. The Labute approximate surface area is 109 Å². The maximum Gasteiger partial charge on any atom is 0.407 e. The fourth-order valence-electron chi connectivity index (χ4n) is 3.34. The van der Waals surface area contributed by atoms with Crippen LogP contribution in [0.4, 0.5) is 9.18 Å². The summed E-state index contributed by atoms with van der Waals surface area (Å²) >= 11 is 0. The molecule has 0 radical (unpaired) electrons. The number of hydrogen-bond acceptors (Lipinski definition) is 2. The number of nitrogens with one attached hydrogen (secondary N) is 1. The molecule has 4 heteroatoms. The standard InChI is InChI=1S/C14H26FNO2/c1-5-14(4)9-11(8-13(2,3)10-14)16-12(17)18-7-6-15/h11H,5-10H2,1-4H3,(H,16,17). The van der Waals surface area contributed by atoms with Crippen molar-refractivity contribution in [3.05, 3.63) is 0 Å². The molecule has 1 N–H and O–H groups in total. The average molecular weight is 259 g/mol. The second kappa shape index (κ2) is 5.89. The predicted octanol–water partition coefficient (Wildman–Crippen LogP) is 3.68. The quantitative estimate of drug-likeness (QED) is 0.836. The molecule has 0 aromatic rings. The molecule has 0 spiro atoms. The van der Waals surface area contributed by atoms with Crippen LogP contribution < -0.4 is 5.32 Å². The molecule has 1 aliphatic carbocycles. The Kier molecular flexibility index (Phi) is 5.00. The minimum Gasteiger partial charge on any atom is -0.447 e. The lowest BCUT2D eigenvalue weighted by Gasteiger charge is -2.46. The lowest BCUT2D eigenvalue weighted by Crippen LogP contribution is -2.47. The van der Waals surface area contributed by atoms with Crippen molar-refractivity contribution < 1.29 is 13.9 Å². The molecule has 2 atom stereocenters. The van der Waals surface area contributed by atoms with Crippen LogP contribution in [0.3, 0.4) is 0 Å². The van der Waals surface area contributed by atoms with Gasteiger partial charge < -0.3 is 10.1 Å². The zero-order valence-corrected chi connectivity index (χ0v) is 12.0. The molecule has 3 nitrogen and oxygen atoms in total. The fourth-order valence-corrected chi connectivity index (χ4v) is 3.34. The number of alkyl carbamates (subject to hydrolysis) is 1. The van der Waals surface area contributed by atoms with Crippen molar-refractivity contribution in [2.45, 2.75) is 59.4 Å². The first-order valence-electron chi connectivity index (χ1n) is 6.79. The van der Waals surface area contributed by atoms with E-state index in [9.17, 15) is 9.18 Å². The molecule has 18 heavy (non-hydrogen) atoms. The highest BCUT2D eigenvalue weighted by atomic mass is 19.1. The van der Waals surface area contributed by atoms with Crippen molar-refractivity contribution in [1.29, 1.82) is 0 Å². The molecule has 0 aromatic carbocycles. The van der Waals surface area contributed by atoms with Gasteiger partial charge in [-0.15, -0.1) is 0 Å². The van der Waals surface area contributed by atoms with Crippen LogP contribution in [0.1, 0.15) is 53.4 Å². The average Bonchev–Trinajstić information content (AvgIpc) is 2.23. The van der Waals surface area contributed by atoms with E-state index < -0.39 is 12.8 Å². The number of carbonyl (C=O) groups excluding carboxylic acids is 1. The highest BCUT2D eigenvalue weighted by molar-refractivity contribution is 5.67. The highest BCUT2D eigenvalue weighted by Crippen LogP contribution is 2.47. The van der Waals surface area contributed by atoms with Gasteiger partial charge in [0.25, 0.3) is 0 Å². The van der Waals surface area contributed by atoms with Gasteiger partial charge in [-0.2, -0.15) is 0 Å². The van der Waals surface area contributed by atoms with Gasteiger partial charge in [0.2, 0.25) is 0 Å². The van der Waals surface area contributed by atoms with Gasteiger partial charge in [0.05, 0.1) is 0 Å². The summed E-state index contributed by atoms with van der Waals surface area (Å²) in [5.41, 5.74) is 0.487. The topological polar surface area (TPSA) is 38.3 Å². The molecule has 1 rings (SSSR count). The van der Waals surface area contributed by atoms with Gasteiger partial charge in [-0.05, 0) is 30.1 Å². The zero-order chi connectivity index (χ0) is 13.8. The number of hydrogen-bond donors (Lipinski definition) is 1. The van der Waals surface area contributed by atoms with Gasteiger partial charge in [-0.3, -0.25) is 0 Å². The molecule has 1 amide bonds. The summed E-state index contributed by atoms with van der Waals surface area (Å²) in [4.78, 5) is 11.5. The smallest absolute Gasteiger partial charge is 0.407 e. The van der Waals surface area contributed by atoms with Gasteiger partial charge in [0.15, 0.2) is 0 Å². The number of carbonyl (C=O) groups is 1. The number of halogens is 1. The largest absolute Gasteiger partial charge is 0.447 e. The van der Waals surface area contributed by atoms with Gasteiger partial charge in [0, 0.05) is 6.04 Å². The van der Waals surface area contributed by atoms with E-state index >= 15 is 0 Å². The highest BCUT2D eigenvalue weighted by Gasteiger charge is 2.40. The first-order valence-corrected chi connectivity index (χ1v) is 6.79. The van der Waals surface area contributed by atoms with Crippen LogP contribution in [0.25, 0.3) is 0 Å². The molecular weight excluding hydrogens is 233 g/mol. The van der Waals surface area contributed by atoms with E-state index in [-0.39, 0.29) is 23.5 Å². The van der Waals surface area contributed by atoms with Gasteiger partial charge >= 0.3 is 6.09 Å². The van der Waals surface area contributed by atoms with Crippen LogP contribution in [0.5, 0.6) is 0 Å². The Balaban J connectivity index is 2.57. The number of ether oxygens (including phenoxy) is 1. The first kappa shape index (κ1) is 15.3. The third kappa shape index (κ3) is 4.46. The number of amides is 1. The Morgan fingerprint density at radius 3 is 2.61 bits per heavy atom. The molecule has 0 bridgehead atoms. The molecule has 1 aliphatic rings. The van der Waals surface area contributed by atoms with Crippen LogP contribution in [-0.4, -0.2) is 25.4 Å². The maximum atomic E-state index is 11.9.